The maximum absolute atomic E-state index is 13.9. The van der Waals surface area contributed by atoms with E-state index in [1.54, 1.807) is 63.4 Å². The third-order valence-corrected chi connectivity index (χ3v) is 5.97. The molecule has 0 bridgehead atoms. The fraction of sp³-hybridized carbons (Fsp3) is 0.538. The minimum absolute atomic E-state index is 0.315. The summed E-state index contributed by atoms with van der Waals surface area (Å²) >= 11 is 0. The Bertz CT molecular complexity index is 1040. The quantitative estimate of drug-likeness (QED) is 0.429. The van der Waals surface area contributed by atoms with Crippen LogP contribution in [0.1, 0.15) is 58.0 Å². The number of pyridine rings is 1. The van der Waals surface area contributed by atoms with E-state index in [0.717, 1.165) is 16.0 Å². The van der Waals surface area contributed by atoms with E-state index in [1.165, 1.54) is 13.8 Å². The van der Waals surface area contributed by atoms with Crippen LogP contribution in [0.15, 0.2) is 42.6 Å². The van der Waals surface area contributed by atoms with Gasteiger partial charge in [0.05, 0.1) is 30.0 Å². The lowest BCUT2D eigenvalue weighted by Gasteiger charge is -2.32. The standard InChI is InChI=1S/C26H34F3N3O5/c1-25(2,3)37-24(35)31-19(14-33)18-11-10-17(13-30-18)15-6-8-16(9-7-15)21-20(12-27)32(23(34)22(28)29)26(4,5)36-21/h6-11,13,19-22,24,31,33,35H,12,14H2,1-5H3/t19-,20-,21-,24?/m1/s1. The summed E-state index contributed by atoms with van der Waals surface area (Å²) in [6.07, 6.45) is -3.86. The van der Waals surface area contributed by atoms with Gasteiger partial charge in [0.15, 0.2) is 0 Å². The zero-order valence-corrected chi connectivity index (χ0v) is 21.5. The Morgan fingerprint density at radius 2 is 1.81 bits per heavy atom. The molecule has 1 aliphatic rings. The number of aliphatic hydroxyl groups is 2. The highest BCUT2D eigenvalue weighted by Gasteiger charge is 2.52. The predicted octanol–water partition coefficient (Wildman–Crippen LogP) is 3.70. The molecule has 0 spiro atoms. The highest BCUT2D eigenvalue weighted by Crippen LogP contribution is 2.42. The average molecular weight is 526 g/mol. The number of hydrogen-bond acceptors (Lipinski definition) is 7. The van der Waals surface area contributed by atoms with E-state index in [0.29, 0.717) is 11.3 Å². The second-order valence-corrected chi connectivity index (χ2v) is 10.3. The number of carbonyl (C=O) groups excluding carboxylic acids is 1. The molecule has 0 saturated carbocycles. The van der Waals surface area contributed by atoms with Crippen molar-refractivity contribution in [2.75, 3.05) is 13.3 Å². The molecule has 204 valence electrons. The summed E-state index contributed by atoms with van der Waals surface area (Å²) in [6.45, 7) is 6.95. The van der Waals surface area contributed by atoms with Gasteiger partial charge in [0.1, 0.15) is 18.5 Å². The van der Waals surface area contributed by atoms with Crippen molar-refractivity contribution >= 4 is 5.91 Å². The lowest BCUT2D eigenvalue weighted by Crippen LogP contribution is -2.51. The number of halogens is 3. The Balaban J connectivity index is 1.75. The van der Waals surface area contributed by atoms with E-state index < -0.39 is 54.9 Å². The summed E-state index contributed by atoms with van der Waals surface area (Å²) in [4.78, 5) is 17.2. The van der Waals surface area contributed by atoms with Gasteiger partial charge in [0, 0.05) is 11.8 Å². The molecule has 1 amide bonds. The molecule has 37 heavy (non-hydrogen) atoms. The van der Waals surface area contributed by atoms with Gasteiger partial charge in [-0.1, -0.05) is 30.3 Å². The molecule has 1 fully saturated rings. The minimum atomic E-state index is -3.26. The molecular formula is C26H34F3N3O5. The van der Waals surface area contributed by atoms with Crippen LogP contribution in [0.2, 0.25) is 0 Å². The lowest BCUT2D eigenvalue weighted by atomic mass is 9.99. The monoisotopic (exact) mass is 525 g/mol. The number of alkyl halides is 3. The molecule has 1 unspecified atom stereocenters. The fourth-order valence-corrected chi connectivity index (χ4v) is 4.37. The molecule has 11 heteroatoms. The van der Waals surface area contributed by atoms with Crippen LogP contribution in [-0.4, -0.2) is 69.5 Å². The first-order chi connectivity index (χ1) is 17.3. The van der Waals surface area contributed by atoms with E-state index in [-0.39, 0.29) is 6.61 Å². The third-order valence-electron chi connectivity index (χ3n) is 5.97. The van der Waals surface area contributed by atoms with Crippen molar-refractivity contribution in [3.05, 3.63) is 53.9 Å². The number of nitrogens with zero attached hydrogens (tertiary/aromatic N) is 2. The van der Waals surface area contributed by atoms with Crippen molar-refractivity contribution in [1.82, 2.24) is 15.2 Å². The molecular weight excluding hydrogens is 491 g/mol. The van der Waals surface area contributed by atoms with Gasteiger partial charge in [-0.05, 0) is 51.8 Å². The maximum Gasteiger partial charge on any atom is 0.315 e. The smallest absolute Gasteiger partial charge is 0.315 e. The molecule has 0 radical (unpaired) electrons. The molecule has 1 aromatic carbocycles. The molecule has 0 aliphatic carbocycles. The van der Waals surface area contributed by atoms with E-state index in [2.05, 4.69) is 10.3 Å². The average Bonchev–Trinajstić information content (AvgIpc) is 3.11. The number of amides is 1. The van der Waals surface area contributed by atoms with Crippen LogP contribution in [0.3, 0.4) is 0 Å². The van der Waals surface area contributed by atoms with Crippen LogP contribution < -0.4 is 5.32 Å². The van der Waals surface area contributed by atoms with E-state index in [1.807, 2.05) is 0 Å². The zero-order valence-electron chi connectivity index (χ0n) is 21.5. The maximum atomic E-state index is 13.9. The van der Waals surface area contributed by atoms with Crippen LogP contribution in [0.4, 0.5) is 13.2 Å². The largest absolute Gasteiger partial charge is 0.394 e. The summed E-state index contributed by atoms with van der Waals surface area (Å²) in [5.74, 6) is -1.47. The Morgan fingerprint density at radius 3 is 2.30 bits per heavy atom. The number of nitrogens with one attached hydrogen (secondary N) is 1. The first-order valence-corrected chi connectivity index (χ1v) is 11.9. The molecule has 8 nitrogen and oxygen atoms in total. The number of rotatable bonds is 9. The lowest BCUT2D eigenvalue weighted by molar-refractivity contribution is -0.187. The van der Waals surface area contributed by atoms with Gasteiger partial charge in [-0.15, -0.1) is 0 Å². The molecule has 4 atom stereocenters. The number of aliphatic hydroxyl groups excluding tert-OH is 2. The number of carbonyl (C=O) groups is 1. The number of hydrogen-bond donors (Lipinski definition) is 3. The molecule has 1 aliphatic heterocycles. The molecule has 2 aromatic rings. The molecule has 2 heterocycles. The second kappa shape index (κ2) is 11.4. The first-order valence-electron chi connectivity index (χ1n) is 11.9. The minimum Gasteiger partial charge on any atom is -0.394 e. The van der Waals surface area contributed by atoms with Crippen molar-refractivity contribution in [1.29, 1.82) is 0 Å². The molecule has 1 aromatic heterocycles. The van der Waals surface area contributed by atoms with Crippen molar-refractivity contribution < 1.29 is 37.7 Å². The number of benzene rings is 1. The van der Waals surface area contributed by atoms with Gasteiger partial charge in [-0.3, -0.25) is 15.1 Å². The van der Waals surface area contributed by atoms with E-state index in [4.69, 9.17) is 9.47 Å². The molecule has 3 N–H and O–H groups in total. The second-order valence-electron chi connectivity index (χ2n) is 10.3. The molecule has 3 rings (SSSR count). The summed E-state index contributed by atoms with van der Waals surface area (Å²) in [5, 5.41) is 22.6. The van der Waals surface area contributed by atoms with Crippen LogP contribution >= 0.6 is 0 Å². The van der Waals surface area contributed by atoms with Gasteiger partial charge >= 0.3 is 6.43 Å². The predicted molar refractivity (Wildman–Crippen MR) is 130 cm³/mol. The SMILES string of the molecule is CC(C)(C)OC(O)N[C@H](CO)c1ccc(-c2ccc([C@H]3OC(C)(C)N(C(=O)C(F)F)[C@@H]3CF)cc2)cn1. The number of ether oxygens (including phenoxy) is 2. The molecule has 1 saturated heterocycles. The van der Waals surface area contributed by atoms with Gasteiger partial charge in [0.2, 0.25) is 6.41 Å². The Labute approximate surface area is 214 Å². The van der Waals surface area contributed by atoms with Gasteiger partial charge in [-0.25, -0.2) is 4.39 Å². The van der Waals surface area contributed by atoms with Crippen molar-refractivity contribution in [3.8, 4) is 11.1 Å². The summed E-state index contributed by atoms with van der Waals surface area (Å²) in [7, 11) is 0. The van der Waals surface area contributed by atoms with Crippen LogP contribution in [0.25, 0.3) is 11.1 Å². The van der Waals surface area contributed by atoms with Gasteiger partial charge in [0.25, 0.3) is 5.91 Å². The highest BCUT2D eigenvalue weighted by atomic mass is 19.3. The third kappa shape index (κ3) is 6.85. The summed E-state index contributed by atoms with van der Waals surface area (Å²) in [6, 6.07) is 8.58. The van der Waals surface area contributed by atoms with E-state index >= 15 is 0 Å². The fourth-order valence-electron chi connectivity index (χ4n) is 4.37. The van der Waals surface area contributed by atoms with Gasteiger partial charge < -0.3 is 24.6 Å². The number of aromatic nitrogens is 1. The summed E-state index contributed by atoms with van der Waals surface area (Å²) < 4.78 is 51.4. The Hall–Kier alpha value is -2.57. The van der Waals surface area contributed by atoms with Crippen LogP contribution in [0.5, 0.6) is 0 Å². The van der Waals surface area contributed by atoms with Crippen molar-refractivity contribution in [2.24, 2.45) is 0 Å². The Kier molecular flexibility index (Phi) is 8.97. The zero-order chi connectivity index (χ0) is 27.5. The summed E-state index contributed by atoms with van der Waals surface area (Å²) in [5.41, 5.74) is 0.595. The van der Waals surface area contributed by atoms with E-state index in [9.17, 15) is 28.2 Å². The van der Waals surface area contributed by atoms with Crippen LogP contribution in [-0.2, 0) is 14.3 Å². The van der Waals surface area contributed by atoms with Crippen molar-refractivity contribution in [2.45, 2.75) is 77.0 Å². The van der Waals surface area contributed by atoms with Crippen LogP contribution in [0, 0.1) is 0 Å². The normalized spacial score (nSPS) is 21.3. The van der Waals surface area contributed by atoms with Gasteiger partial charge in [-0.2, -0.15) is 8.78 Å². The highest BCUT2D eigenvalue weighted by molar-refractivity contribution is 5.80. The Morgan fingerprint density at radius 1 is 1.19 bits per heavy atom. The first kappa shape index (κ1) is 29.0. The topological polar surface area (TPSA) is 104 Å². The van der Waals surface area contributed by atoms with Crippen molar-refractivity contribution in [3.63, 3.8) is 0 Å².